The van der Waals surface area contributed by atoms with Crippen LogP contribution in [0.5, 0.6) is 0 Å². The predicted molar refractivity (Wildman–Crippen MR) is 71.4 cm³/mol. The van der Waals surface area contributed by atoms with Crippen molar-refractivity contribution in [1.29, 1.82) is 0 Å². The summed E-state index contributed by atoms with van der Waals surface area (Å²) < 4.78 is 3.89. The number of halogens is 2. The Morgan fingerprint density at radius 1 is 1.43 bits per heavy atom. The van der Waals surface area contributed by atoms with Crippen LogP contribution >= 0.6 is 45.5 Å². The summed E-state index contributed by atoms with van der Waals surface area (Å²) in [7, 11) is 0. The number of benzene rings is 1. The van der Waals surface area contributed by atoms with Crippen LogP contribution in [0.15, 0.2) is 24.3 Å². The van der Waals surface area contributed by atoms with E-state index in [1.54, 1.807) is 0 Å². The van der Waals surface area contributed by atoms with E-state index in [9.17, 15) is 4.79 Å². The summed E-state index contributed by atoms with van der Waals surface area (Å²) in [6.07, 6.45) is 0.509. The fourth-order valence-corrected chi connectivity index (χ4v) is 1.87. The first-order chi connectivity index (χ1) is 6.63. The molecule has 1 aromatic rings. The van der Waals surface area contributed by atoms with Gasteiger partial charge in [-0.05, 0) is 46.7 Å². The zero-order valence-corrected chi connectivity index (χ0v) is 11.5. The van der Waals surface area contributed by atoms with Gasteiger partial charge in [0.1, 0.15) is 6.04 Å². The lowest BCUT2D eigenvalue weighted by atomic mass is 10.1. The molecule has 0 aliphatic rings. The van der Waals surface area contributed by atoms with Crippen LogP contribution in [0.25, 0.3) is 0 Å². The molecule has 76 valence electrons. The molecule has 0 spiro atoms. The zero-order chi connectivity index (χ0) is 10.6. The van der Waals surface area contributed by atoms with Gasteiger partial charge < -0.3 is 5.11 Å². The van der Waals surface area contributed by atoms with Gasteiger partial charge >= 0.3 is 5.97 Å². The van der Waals surface area contributed by atoms with Crippen molar-refractivity contribution in [2.45, 2.75) is 12.5 Å². The maximum atomic E-state index is 10.7. The lowest BCUT2D eigenvalue weighted by Crippen LogP contribution is -2.32. The molecule has 0 aromatic heterocycles. The van der Waals surface area contributed by atoms with Gasteiger partial charge in [0.15, 0.2) is 0 Å². The summed E-state index contributed by atoms with van der Waals surface area (Å²) in [4.78, 5) is 10.7. The largest absolute Gasteiger partial charge is 0.480 e. The first-order valence-electron chi connectivity index (χ1n) is 3.97. The Morgan fingerprint density at radius 2 is 2.00 bits per heavy atom. The normalized spacial score (nSPS) is 12.4. The molecule has 3 nitrogen and oxygen atoms in total. The highest BCUT2D eigenvalue weighted by Gasteiger charge is 2.15. The van der Waals surface area contributed by atoms with E-state index in [2.05, 4.69) is 26.1 Å². The van der Waals surface area contributed by atoms with Gasteiger partial charge in [-0.15, -0.1) is 0 Å². The monoisotopic (exact) mass is 417 g/mol. The van der Waals surface area contributed by atoms with Crippen LogP contribution in [-0.2, 0) is 11.2 Å². The van der Waals surface area contributed by atoms with E-state index in [0.717, 1.165) is 9.13 Å². The van der Waals surface area contributed by atoms with Crippen molar-refractivity contribution in [1.82, 2.24) is 3.53 Å². The Balaban J connectivity index is 2.67. The number of carbonyl (C=O) groups is 1. The fraction of sp³-hybridized carbons (Fsp3) is 0.222. The predicted octanol–water partition coefficient (Wildman–Crippen LogP) is 2.23. The zero-order valence-electron chi connectivity index (χ0n) is 7.21. The number of aliphatic carboxylic acids is 1. The average Bonchev–Trinajstić information content (AvgIpc) is 2.16. The van der Waals surface area contributed by atoms with E-state index in [4.69, 9.17) is 5.11 Å². The van der Waals surface area contributed by atoms with Gasteiger partial charge in [-0.1, -0.05) is 12.1 Å². The molecule has 0 aliphatic carbocycles. The molecule has 0 radical (unpaired) electrons. The van der Waals surface area contributed by atoms with E-state index in [-0.39, 0.29) is 0 Å². The Morgan fingerprint density at radius 3 is 2.43 bits per heavy atom. The van der Waals surface area contributed by atoms with Crippen LogP contribution in [-0.4, -0.2) is 17.1 Å². The summed E-state index contributed by atoms with van der Waals surface area (Å²) in [5, 5.41) is 8.82. The second-order valence-electron chi connectivity index (χ2n) is 2.83. The van der Waals surface area contributed by atoms with Gasteiger partial charge in [0.25, 0.3) is 0 Å². The quantitative estimate of drug-likeness (QED) is 0.584. The second-order valence-corrected chi connectivity index (χ2v) is 4.70. The molecule has 0 saturated carbocycles. The standard InChI is InChI=1S/C9H9I2NO2/c10-7-3-1-6(2-4-7)5-8(12-11)9(13)14/h1-4,8,12H,5H2,(H,13,14). The average molecular weight is 417 g/mol. The van der Waals surface area contributed by atoms with E-state index in [0.29, 0.717) is 6.42 Å². The number of hydrogen-bond donors (Lipinski definition) is 2. The summed E-state index contributed by atoms with van der Waals surface area (Å²) >= 11 is 4.09. The Labute approximate surface area is 110 Å². The highest BCUT2D eigenvalue weighted by molar-refractivity contribution is 14.1. The molecule has 0 bridgehead atoms. The van der Waals surface area contributed by atoms with Crippen molar-refractivity contribution in [3.63, 3.8) is 0 Å². The minimum absolute atomic E-state index is 0.509. The number of rotatable bonds is 4. The highest BCUT2D eigenvalue weighted by atomic mass is 127. The van der Waals surface area contributed by atoms with Crippen molar-refractivity contribution < 1.29 is 9.90 Å². The molecule has 0 amide bonds. The van der Waals surface area contributed by atoms with Crippen LogP contribution in [0.4, 0.5) is 0 Å². The van der Waals surface area contributed by atoms with Crippen molar-refractivity contribution in [2.75, 3.05) is 0 Å². The van der Waals surface area contributed by atoms with Gasteiger partial charge in [0.05, 0.1) is 0 Å². The highest BCUT2D eigenvalue weighted by Crippen LogP contribution is 2.09. The van der Waals surface area contributed by atoms with Crippen LogP contribution < -0.4 is 3.53 Å². The molecule has 0 heterocycles. The minimum atomic E-state index is -0.821. The summed E-state index contributed by atoms with van der Waals surface area (Å²) in [5.41, 5.74) is 1.03. The van der Waals surface area contributed by atoms with Crippen molar-refractivity contribution in [3.8, 4) is 0 Å². The molecule has 1 aromatic carbocycles. The van der Waals surface area contributed by atoms with Crippen LogP contribution in [0.1, 0.15) is 5.56 Å². The number of carboxylic acids is 1. The Kier molecular flexibility index (Phi) is 5.10. The van der Waals surface area contributed by atoms with E-state index < -0.39 is 12.0 Å². The third kappa shape index (κ3) is 3.70. The van der Waals surface area contributed by atoms with Crippen LogP contribution in [0.2, 0.25) is 0 Å². The van der Waals surface area contributed by atoms with Gasteiger partial charge in [0, 0.05) is 26.4 Å². The third-order valence-electron chi connectivity index (χ3n) is 1.78. The SMILES string of the molecule is O=C(O)C(Cc1ccc(I)cc1)NI. The van der Waals surface area contributed by atoms with E-state index in [1.165, 1.54) is 0 Å². The van der Waals surface area contributed by atoms with Crippen molar-refractivity contribution in [2.24, 2.45) is 0 Å². The molecule has 0 saturated heterocycles. The molecule has 1 atom stereocenters. The molecule has 1 unspecified atom stereocenters. The molecule has 2 N–H and O–H groups in total. The number of carboxylic acid groups (broad SMARTS) is 1. The van der Waals surface area contributed by atoms with Crippen LogP contribution in [0, 0.1) is 3.57 Å². The van der Waals surface area contributed by atoms with Gasteiger partial charge in [-0.3, -0.25) is 4.79 Å². The summed E-state index contributed by atoms with van der Waals surface area (Å²) in [6.45, 7) is 0. The summed E-state index contributed by atoms with van der Waals surface area (Å²) in [5.74, 6) is -0.821. The lowest BCUT2D eigenvalue weighted by molar-refractivity contribution is -0.138. The molecule has 0 aliphatic heterocycles. The van der Waals surface area contributed by atoms with Gasteiger partial charge in [-0.25, -0.2) is 3.53 Å². The van der Waals surface area contributed by atoms with Crippen LogP contribution in [0.3, 0.4) is 0 Å². The molecule has 0 fully saturated rings. The van der Waals surface area contributed by atoms with Gasteiger partial charge in [-0.2, -0.15) is 0 Å². The smallest absolute Gasteiger partial charge is 0.321 e. The number of nitrogens with one attached hydrogen (secondary N) is 1. The van der Waals surface area contributed by atoms with Crippen molar-refractivity contribution in [3.05, 3.63) is 33.4 Å². The number of hydrogen-bond acceptors (Lipinski definition) is 2. The molecular formula is C9H9I2NO2. The Hall–Kier alpha value is 0.110. The second kappa shape index (κ2) is 5.86. The maximum Gasteiger partial charge on any atom is 0.321 e. The Bertz CT molecular complexity index is 313. The maximum absolute atomic E-state index is 10.7. The molecular weight excluding hydrogens is 408 g/mol. The topological polar surface area (TPSA) is 49.3 Å². The molecule has 1 rings (SSSR count). The molecule has 5 heteroatoms. The summed E-state index contributed by atoms with van der Waals surface area (Å²) in [6, 6.07) is 7.33. The minimum Gasteiger partial charge on any atom is -0.480 e. The lowest BCUT2D eigenvalue weighted by Gasteiger charge is -2.09. The van der Waals surface area contributed by atoms with E-state index >= 15 is 0 Å². The first kappa shape index (κ1) is 12.2. The third-order valence-corrected chi connectivity index (χ3v) is 3.25. The van der Waals surface area contributed by atoms with Crippen molar-refractivity contribution >= 4 is 51.4 Å². The fourth-order valence-electron chi connectivity index (χ4n) is 1.03. The first-order valence-corrected chi connectivity index (χ1v) is 6.12. The van der Waals surface area contributed by atoms with Gasteiger partial charge in [0.2, 0.25) is 0 Å². The molecule has 14 heavy (non-hydrogen) atoms. The van der Waals surface area contributed by atoms with E-state index in [1.807, 2.05) is 47.1 Å².